The van der Waals surface area contributed by atoms with Crippen LogP contribution in [0.5, 0.6) is 0 Å². The smallest absolute Gasteiger partial charge is 0.299 e. The highest BCUT2D eigenvalue weighted by molar-refractivity contribution is 6.00. The number of nitro benzene ring substituents is 8. The van der Waals surface area contributed by atoms with Gasteiger partial charge in [0.25, 0.3) is 45.5 Å². The number of hydrogen-bond acceptors (Lipinski definition) is 28. The van der Waals surface area contributed by atoms with E-state index in [4.69, 9.17) is 0 Å². The Morgan fingerprint density at radius 1 is 0.200 bits per heavy atom. The average molecular weight is 1520 g/mol. The molecule has 7 aromatic rings. The minimum atomic E-state index is -0.927. The first-order valence-corrected chi connectivity index (χ1v) is 37.5. The summed E-state index contributed by atoms with van der Waals surface area (Å²) in [5, 5.41) is 145. The topological polar surface area (TPSA) is 489 Å². The molecule has 110 heavy (non-hydrogen) atoms. The molecule has 0 radical (unpaired) electrons. The molecule has 0 aromatic heterocycles. The lowest BCUT2D eigenvalue weighted by Gasteiger charge is -2.24. The summed E-state index contributed by atoms with van der Waals surface area (Å²) in [6, 6.07) is 15.4. The Balaban J connectivity index is 1.34. The van der Waals surface area contributed by atoms with Crippen LogP contribution in [0.2, 0.25) is 0 Å². The summed E-state index contributed by atoms with van der Waals surface area (Å²) in [5.41, 5.74) is -10.1. The van der Waals surface area contributed by atoms with Gasteiger partial charge in [0.2, 0.25) is 0 Å². The van der Waals surface area contributed by atoms with Crippen LogP contribution in [0.4, 0.5) is 159 Å². The van der Waals surface area contributed by atoms with Gasteiger partial charge in [-0.05, 0) is 86.3 Å². The fraction of sp³-hybridized carbons (Fsp3) is 0.432. The number of unbranched alkanes of at least 4 members (excludes halogenated alkanes) is 20. The van der Waals surface area contributed by atoms with E-state index in [1.807, 2.05) is 0 Å². The molecule has 36 nitrogen and oxygen atoms in total. The lowest BCUT2D eigenvalue weighted by molar-refractivity contribution is -0.393. The minimum Gasteiger partial charge on any atom is -0.383 e. The van der Waals surface area contributed by atoms with E-state index in [2.05, 4.69) is 91.5 Å². The quantitative estimate of drug-likeness (QED) is 0.00964. The molecular weight excluding hydrogens is 1420 g/mol. The number of fused-ring (bicyclic) bond motifs is 18. The third-order valence-corrected chi connectivity index (χ3v) is 19.0. The maximum atomic E-state index is 13.5. The van der Waals surface area contributed by atoms with Crippen LogP contribution in [0.1, 0.15) is 182 Å². The van der Waals surface area contributed by atoms with Crippen LogP contribution in [-0.2, 0) is 0 Å². The molecule has 0 aliphatic carbocycles. The number of nitro groups is 8. The average Bonchev–Trinajstić information content (AvgIpc) is 0.767. The van der Waals surface area contributed by atoms with E-state index in [1.54, 1.807) is 12.1 Å². The molecule has 0 saturated carbocycles. The number of benzene rings is 7. The van der Waals surface area contributed by atoms with Gasteiger partial charge >= 0.3 is 0 Å². The molecule has 0 atom stereocenters. The Bertz CT molecular complexity index is 4010. The van der Waals surface area contributed by atoms with Crippen molar-refractivity contribution in [3.63, 3.8) is 0 Å². The van der Waals surface area contributed by atoms with Gasteiger partial charge < -0.3 is 63.8 Å². The van der Waals surface area contributed by atoms with Crippen LogP contribution in [-0.4, -0.2) is 65.6 Å². The van der Waals surface area contributed by atoms with Gasteiger partial charge in [-0.3, -0.25) is 80.9 Å². The molecule has 2 heterocycles. The van der Waals surface area contributed by atoms with E-state index in [0.717, 1.165) is 165 Å². The van der Waals surface area contributed by atoms with Gasteiger partial charge in [0.05, 0.1) is 132 Å². The van der Waals surface area contributed by atoms with E-state index in [0.29, 0.717) is 98.9 Å². The van der Waals surface area contributed by atoms with Gasteiger partial charge in [0.15, 0.2) is 0 Å². The SMILES string of the molecule is CCCCCCCCNc1cc(NCCCCCCCC)c2cc1Nc1cc(c([N+](=O)[O-])cc1[N+](=O)[O-])Nc1cc(c3cc1Nc1cc(c([N+](=O)[O-])cc1[N+](=O)[O-])Nc1cc(c(NCCCCCCCC)cc1NCCCCCCCC)Nc1cc(c([N+](=O)[O-])cc1[N+](=O)[O-])N3)Nc1cc(c([N+](=O)[O-])cc1[N+](=O)[O-])N2. The first kappa shape index (κ1) is 81.4. The lowest BCUT2D eigenvalue weighted by atomic mass is 10.1. The fourth-order valence-electron chi connectivity index (χ4n) is 13.2. The first-order chi connectivity index (χ1) is 53.0. The van der Waals surface area contributed by atoms with E-state index in [-0.39, 0.29) is 68.2 Å². The maximum Gasteiger partial charge on any atom is 0.299 e. The Labute approximate surface area is 633 Å². The molecule has 9 rings (SSSR count). The Morgan fingerprint density at radius 2 is 0.345 bits per heavy atom. The molecule has 36 heteroatoms. The standard InChI is InChI=1S/C74H94N20O16/c1-5-9-13-17-21-25-29-75-47-33-48(76-30-26-22-18-14-10-6-2)52-35-51(47)79-59-39-63(71(91(103)104)43-67(59)87(95)96)83-55-37-57(84-64-40-60(80-52)68(88(97)98)44-72(64)92(105)106)58-38-56(55)85-65-41-61(69(89(99)100)45-73(65)93(107)108)81-53-36-54(82-62-42-66(86-58)74(94(109)110)46-70(62)90(101)102)50(78-32-28-24-20-16-12-8-4)34-49(53)77-31-27-23-19-15-11-7-3/h33-46,75-86H,5-32H2,1-4H3. The molecule has 0 saturated heterocycles. The molecule has 586 valence electrons. The highest BCUT2D eigenvalue weighted by Gasteiger charge is 2.34. The molecular formula is C74H94N20O16. The largest absolute Gasteiger partial charge is 0.383 e. The molecule has 2 aliphatic rings. The van der Waals surface area contributed by atoms with Crippen LogP contribution >= 0.6 is 0 Å². The summed E-state index contributed by atoms with van der Waals surface area (Å²) in [6.45, 7) is 9.94. The van der Waals surface area contributed by atoms with Crippen molar-refractivity contribution in [1.29, 1.82) is 0 Å². The number of nitrogens with one attached hydrogen (secondary N) is 12. The van der Waals surface area contributed by atoms with Crippen molar-refractivity contribution >= 4 is 159 Å². The van der Waals surface area contributed by atoms with E-state index in [9.17, 15) is 80.9 Å². The third-order valence-electron chi connectivity index (χ3n) is 19.0. The zero-order valence-electron chi connectivity index (χ0n) is 62.0. The molecule has 0 spiro atoms. The molecule has 12 N–H and O–H groups in total. The van der Waals surface area contributed by atoms with Crippen LogP contribution < -0.4 is 63.8 Å². The predicted molar refractivity (Wildman–Crippen MR) is 432 cm³/mol. The third kappa shape index (κ3) is 21.4. The molecule has 7 aromatic carbocycles. The van der Waals surface area contributed by atoms with Gasteiger partial charge in [-0.15, -0.1) is 0 Å². The zero-order valence-corrected chi connectivity index (χ0v) is 62.0. The predicted octanol–water partition coefficient (Wildman–Crippen LogP) is 22.6. The Kier molecular flexibility index (Phi) is 29.1. The van der Waals surface area contributed by atoms with Crippen molar-refractivity contribution in [2.45, 2.75) is 182 Å². The molecule has 0 fully saturated rings. The summed E-state index contributed by atoms with van der Waals surface area (Å²) in [7, 11) is 0. The van der Waals surface area contributed by atoms with Crippen LogP contribution in [0, 0.1) is 80.9 Å². The Morgan fingerprint density at radius 3 is 0.518 bits per heavy atom. The van der Waals surface area contributed by atoms with Gasteiger partial charge in [-0.2, -0.15) is 0 Å². The lowest BCUT2D eigenvalue weighted by Crippen LogP contribution is -2.11. The van der Waals surface area contributed by atoms with E-state index >= 15 is 0 Å². The van der Waals surface area contributed by atoms with Gasteiger partial charge in [0.1, 0.15) is 45.5 Å². The maximum absolute atomic E-state index is 13.5. The summed E-state index contributed by atoms with van der Waals surface area (Å²) in [5.74, 6) is 0. The molecule has 0 amide bonds. The van der Waals surface area contributed by atoms with Crippen LogP contribution in [0.25, 0.3) is 0 Å². The number of rotatable bonds is 40. The van der Waals surface area contributed by atoms with Crippen molar-refractivity contribution in [3.8, 4) is 0 Å². The number of nitrogens with zero attached hydrogens (tertiary/aromatic N) is 8. The van der Waals surface area contributed by atoms with Crippen molar-refractivity contribution in [2.75, 3.05) is 90.0 Å². The number of anilines is 20. The summed E-state index contributed by atoms with van der Waals surface area (Å²) < 4.78 is 0. The van der Waals surface area contributed by atoms with Crippen LogP contribution in [0.3, 0.4) is 0 Å². The zero-order chi connectivity index (χ0) is 79.0. The molecule has 2 aliphatic heterocycles. The second-order valence-corrected chi connectivity index (χ2v) is 27.2. The second-order valence-electron chi connectivity index (χ2n) is 27.2. The Hall–Kier alpha value is -12.7. The normalized spacial score (nSPS) is 11.8. The summed E-state index contributed by atoms with van der Waals surface area (Å²) in [6.07, 6.45) is 22.2. The number of hydrogen-bond donors (Lipinski definition) is 12. The molecule has 16 bridgehead atoms. The summed E-state index contributed by atoms with van der Waals surface area (Å²) in [4.78, 5) is 100. The highest BCUT2D eigenvalue weighted by Crippen LogP contribution is 2.52. The van der Waals surface area contributed by atoms with Crippen LogP contribution in [0.15, 0.2) is 84.9 Å². The fourth-order valence-corrected chi connectivity index (χ4v) is 13.2. The summed E-state index contributed by atoms with van der Waals surface area (Å²) >= 11 is 0. The monoisotopic (exact) mass is 1520 g/mol. The van der Waals surface area contributed by atoms with E-state index < -0.39 is 108 Å². The first-order valence-electron chi connectivity index (χ1n) is 37.5. The van der Waals surface area contributed by atoms with Crippen molar-refractivity contribution in [3.05, 3.63) is 166 Å². The second kappa shape index (κ2) is 39.3. The van der Waals surface area contributed by atoms with E-state index in [1.165, 1.54) is 12.1 Å². The van der Waals surface area contributed by atoms with Gasteiger partial charge in [-0.25, -0.2) is 0 Å². The van der Waals surface area contributed by atoms with Crippen molar-refractivity contribution < 1.29 is 39.4 Å². The van der Waals surface area contributed by atoms with Gasteiger partial charge in [-0.1, -0.05) is 156 Å². The van der Waals surface area contributed by atoms with Crippen molar-refractivity contribution in [1.82, 2.24) is 0 Å². The van der Waals surface area contributed by atoms with Crippen molar-refractivity contribution in [2.24, 2.45) is 0 Å². The minimum absolute atomic E-state index is 0.0999. The highest BCUT2D eigenvalue weighted by atomic mass is 16.7. The molecule has 0 unspecified atom stereocenters. The van der Waals surface area contributed by atoms with Gasteiger partial charge in [0, 0.05) is 26.2 Å².